The lowest BCUT2D eigenvalue weighted by Gasteiger charge is -2.19. The first-order valence-electron chi connectivity index (χ1n) is 6.79. The van der Waals surface area contributed by atoms with Crippen molar-refractivity contribution in [2.24, 2.45) is 0 Å². The Labute approximate surface area is 120 Å². The molecule has 1 amide bonds. The van der Waals surface area contributed by atoms with Gasteiger partial charge in [-0.05, 0) is 35.7 Å². The maximum absolute atomic E-state index is 12.5. The fraction of sp³-hybridized carbons (Fsp3) is 0.235. The van der Waals surface area contributed by atoms with E-state index in [0.29, 0.717) is 6.54 Å². The first-order chi connectivity index (χ1) is 9.61. The van der Waals surface area contributed by atoms with Crippen molar-refractivity contribution in [2.45, 2.75) is 19.9 Å². The average molecular weight is 268 g/mol. The summed E-state index contributed by atoms with van der Waals surface area (Å²) in [4.78, 5) is 14.2. The lowest BCUT2D eigenvalue weighted by Crippen LogP contribution is -2.27. The molecule has 20 heavy (non-hydrogen) atoms. The normalized spacial score (nSPS) is 10.3. The van der Waals surface area contributed by atoms with Crippen molar-refractivity contribution >= 4 is 11.6 Å². The number of rotatable bonds is 4. The summed E-state index contributed by atoms with van der Waals surface area (Å²) in [6.45, 7) is 2.64. The highest BCUT2D eigenvalue weighted by molar-refractivity contribution is 5.95. The van der Waals surface area contributed by atoms with Crippen LogP contribution >= 0.6 is 0 Å². The minimum Gasteiger partial charge on any atom is -0.399 e. The number of benzene rings is 2. The van der Waals surface area contributed by atoms with Crippen LogP contribution < -0.4 is 5.73 Å². The van der Waals surface area contributed by atoms with E-state index < -0.39 is 0 Å². The van der Waals surface area contributed by atoms with Gasteiger partial charge in [-0.1, -0.05) is 37.3 Å². The third-order valence-electron chi connectivity index (χ3n) is 3.37. The lowest BCUT2D eigenvalue weighted by molar-refractivity contribution is 0.0784. The molecule has 0 saturated carbocycles. The van der Waals surface area contributed by atoms with Gasteiger partial charge in [0.1, 0.15) is 0 Å². The second-order valence-electron chi connectivity index (χ2n) is 4.91. The van der Waals surface area contributed by atoms with Gasteiger partial charge in [0.15, 0.2) is 0 Å². The van der Waals surface area contributed by atoms with E-state index in [2.05, 4.69) is 6.92 Å². The number of nitrogen functional groups attached to an aromatic ring is 1. The zero-order chi connectivity index (χ0) is 14.5. The molecule has 2 rings (SSSR count). The van der Waals surface area contributed by atoms with Crippen molar-refractivity contribution in [3.63, 3.8) is 0 Å². The van der Waals surface area contributed by atoms with Gasteiger partial charge in [0.05, 0.1) is 0 Å². The zero-order valence-corrected chi connectivity index (χ0v) is 12.0. The van der Waals surface area contributed by atoms with Gasteiger partial charge in [0.2, 0.25) is 0 Å². The van der Waals surface area contributed by atoms with Gasteiger partial charge in [-0.3, -0.25) is 4.79 Å². The molecule has 0 aliphatic rings. The number of nitrogens with two attached hydrogens (primary N) is 1. The Hall–Kier alpha value is -2.29. The van der Waals surface area contributed by atoms with Crippen LogP contribution in [0, 0.1) is 0 Å². The van der Waals surface area contributed by atoms with Gasteiger partial charge in [0.25, 0.3) is 5.91 Å². The molecular formula is C17H20N2O. The molecule has 2 N–H and O–H groups in total. The summed E-state index contributed by atoms with van der Waals surface area (Å²) >= 11 is 0. The quantitative estimate of drug-likeness (QED) is 0.866. The number of hydrogen-bond acceptors (Lipinski definition) is 2. The molecule has 0 saturated heterocycles. The third-order valence-corrected chi connectivity index (χ3v) is 3.37. The van der Waals surface area contributed by atoms with Crippen LogP contribution in [0.15, 0.2) is 48.5 Å². The predicted molar refractivity (Wildman–Crippen MR) is 82.5 cm³/mol. The van der Waals surface area contributed by atoms with E-state index in [0.717, 1.165) is 28.8 Å². The van der Waals surface area contributed by atoms with E-state index >= 15 is 0 Å². The molecule has 0 bridgehead atoms. The summed E-state index contributed by atoms with van der Waals surface area (Å²) in [6.07, 6.45) is 0.859. The first kappa shape index (κ1) is 14.1. The number of amides is 1. The molecule has 0 radical (unpaired) electrons. The molecule has 0 aliphatic carbocycles. The zero-order valence-electron chi connectivity index (χ0n) is 12.0. The van der Waals surface area contributed by atoms with Gasteiger partial charge in [-0.2, -0.15) is 0 Å². The van der Waals surface area contributed by atoms with Crippen LogP contribution in [-0.4, -0.2) is 17.9 Å². The molecule has 3 heteroatoms. The number of hydrogen-bond donors (Lipinski definition) is 1. The topological polar surface area (TPSA) is 46.3 Å². The maximum Gasteiger partial charge on any atom is 0.254 e. The van der Waals surface area contributed by atoms with E-state index in [9.17, 15) is 4.79 Å². The fourth-order valence-electron chi connectivity index (χ4n) is 2.21. The van der Waals surface area contributed by atoms with Crippen LogP contribution in [0.25, 0.3) is 0 Å². The monoisotopic (exact) mass is 268 g/mol. The Bertz CT molecular complexity index is 590. The van der Waals surface area contributed by atoms with E-state index in [1.54, 1.807) is 4.90 Å². The largest absolute Gasteiger partial charge is 0.399 e. The summed E-state index contributed by atoms with van der Waals surface area (Å²) in [6, 6.07) is 15.4. The number of anilines is 1. The molecule has 2 aromatic rings. The smallest absolute Gasteiger partial charge is 0.254 e. The van der Waals surface area contributed by atoms with Crippen LogP contribution in [-0.2, 0) is 13.0 Å². The minimum atomic E-state index is 0.0549. The maximum atomic E-state index is 12.5. The van der Waals surface area contributed by atoms with Crippen molar-refractivity contribution in [2.75, 3.05) is 12.8 Å². The highest BCUT2D eigenvalue weighted by atomic mass is 16.2. The molecule has 0 spiro atoms. The standard InChI is InChI=1S/C17H20N2O/c1-3-14-6-4-5-7-16(14)17(20)19(2)12-13-8-10-15(18)11-9-13/h4-11H,3,12,18H2,1-2H3. The molecule has 104 valence electrons. The van der Waals surface area contributed by atoms with Crippen molar-refractivity contribution in [1.82, 2.24) is 4.90 Å². The van der Waals surface area contributed by atoms with Crippen LogP contribution in [0.1, 0.15) is 28.4 Å². The summed E-state index contributed by atoms with van der Waals surface area (Å²) in [5, 5.41) is 0. The molecule has 0 aliphatic heterocycles. The van der Waals surface area contributed by atoms with Gasteiger partial charge < -0.3 is 10.6 Å². The molecule has 0 heterocycles. The number of carbonyl (C=O) groups is 1. The predicted octanol–water partition coefficient (Wildman–Crippen LogP) is 3.10. The van der Waals surface area contributed by atoms with Gasteiger partial charge in [0, 0.05) is 24.8 Å². The second-order valence-corrected chi connectivity index (χ2v) is 4.91. The van der Waals surface area contributed by atoms with E-state index in [1.807, 2.05) is 55.6 Å². The highest BCUT2D eigenvalue weighted by Gasteiger charge is 2.14. The molecule has 0 unspecified atom stereocenters. The van der Waals surface area contributed by atoms with Crippen molar-refractivity contribution in [1.29, 1.82) is 0 Å². The van der Waals surface area contributed by atoms with Gasteiger partial charge in [-0.15, -0.1) is 0 Å². The molecule has 0 atom stereocenters. The van der Waals surface area contributed by atoms with E-state index in [1.165, 1.54) is 0 Å². The highest BCUT2D eigenvalue weighted by Crippen LogP contribution is 2.14. The number of aryl methyl sites for hydroxylation is 1. The van der Waals surface area contributed by atoms with Crippen LogP contribution in [0.5, 0.6) is 0 Å². The van der Waals surface area contributed by atoms with E-state index in [-0.39, 0.29) is 5.91 Å². The van der Waals surface area contributed by atoms with Gasteiger partial charge >= 0.3 is 0 Å². The molecule has 3 nitrogen and oxygen atoms in total. The molecule has 0 aromatic heterocycles. The number of nitrogens with zero attached hydrogens (tertiary/aromatic N) is 1. The SMILES string of the molecule is CCc1ccccc1C(=O)N(C)Cc1ccc(N)cc1. The fourth-order valence-corrected chi connectivity index (χ4v) is 2.21. The molecule has 2 aromatic carbocycles. The van der Waals surface area contributed by atoms with Crippen LogP contribution in [0.2, 0.25) is 0 Å². The average Bonchev–Trinajstić information content (AvgIpc) is 2.48. The van der Waals surface area contributed by atoms with E-state index in [4.69, 9.17) is 5.73 Å². The first-order valence-corrected chi connectivity index (χ1v) is 6.79. The molecule has 0 fully saturated rings. The van der Waals surface area contributed by atoms with Crippen LogP contribution in [0.4, 0.5) is 5.69 Å². The van der Waals surface area contributed by atoms with Gasteiger partial charge in [-0.25, -0.2) is 0 Å². The Morgan fingerprint density at radius 3 is 2.40 bits per heavy atom. The van der Waals surface area contributed by atoms with Crippen molar-refractivity contribution in [3.05, 3.63) is 65.2 Å². The Kier molecular flexibility index (Phi) is 4.41. The summed E-state index contributed by atoms with van der Waals surface area (Å²) < 4.78 is 0. The van der Waals surface area contributed by atoms with Crippen molar-refractivity contribution < 1.29 is 4.79 Å². The third kappa shape index (κ3) is 3.18. The van der Waals surface area contributed by atoms with Crippen molar-refractivity contribution in [3.8, 4) is 0 Å². The summed E-state index contributed by atoms with van der Waals surface area (Å²) in [5.74, 6) is 0.0549. The Morgan fingerprint density at radius 2 is 1.75 bits per heavy atom. The summed E-state index contributed by atoms with van der Waals surface area (Å²) in [7, 11) is 1.82. The summed E-state index contributed by atoms with van der Waals surface area (Å²) in [5.41, 5.74) is 9.34. The lowest BCUT2D eigenvalue weighted by atomic mass is 10.0. The van der Waals surface area contributed by atoms with Crippen LogP contribution in [0.3, 0.4) is 0 Å². The Morgan fingerprint density at radius 1 is 1.10 bits per heavy atom. The number of carbonyl (C=O) groups excluding carboxylic acids is 1. The second kappa shape index (κ2) is 6.24. The molecular weight excluding hydrogens is 248 g/mol. The minimum absolute atomic E-state index is 0.0549. The Balaban J connectivity index is 2.14.